The first-order valence-corrected chi connectivity index (χ1v) is 10.1. The minimum atomic E-state index is 0.493. The van der Waals surface area contributed by atoms with Crippen molar-refractivity contribution in [1.82, 2.24) is 20.5 Å². The van der Waals surface area contributed by atoms with E-state index in [1.165, 1.54) is 10.4 Å². The Bertz CT molecular complexity index is 668. The van der Waals surface area contributed by atoms with E-state index < -0.39 is 0 Å². The molecule has 6 heteroatoms. The summed E-state index contributed by atoms with van der Waals surface area (Å²) in [6, 6.07) is 11.1. The summed E-state index contributed by atoms with van der Waals surface area (Å²) in [5, 5.41) is 7.79. The van der Waals surface area contributed by atoms with Crippen LogP contribution < -0.4 is 10.6 Å². The Labute approximate surface area is 161 Å². The fourth-order valence-electron chi connectivity index (χ4n) is 2.61. The molecule has 1 aromatic carbocycles. The summed E-state index contributed by atoms with van der Waals surface area (Å²) in [6.45, 7) is 9.77. The highest BCUT2D eigenvalue weighted by Crippen LogP contribution is 2.12. The fraction of sp³-hybridized carbons (Fsp3) is 0.500. The van der Waals surface area contributed by atoms with Crippen LogP contribution in [0.25, 0.3) is 0 Å². The van der Waals surface area contributed by atoms with E-state index in [1.54, 1.807) is 11.3 Å². The predicted octanol–water partition coefficient (Wildman–Crippen LogP) is 3.42. The maximum Gasteiger partial charge on any atom is 0.191 e. The van der Waals surface area contributed by atoms with Gasteiger partial charge in [0, 0.05) is 36.8 Å². The minimum absolute atomic E-state index is 0.493. The topological polar surface area (TPSA) is 52.6 Å². The Morgan fingerprint density at radius 3 is 2.69 bits per heavy atom. The molecule has 0 amide bonds. The lowest BCUT2D eigenvalue weighted by molar-refractivity contribution is 0.238. The molecule has 0 saturated carbocycles. The van der Waals surface area contributed by atoms with Gasteiger partial charge >= 0.3 is 0 Å². The Hall–Kier alpha value is -1.92. The van der Waals surface area contributed by atoms with Crippen LogP contribution in [-0.4, -0.2) is 42.0 Å². The van der Waals surface area contributed by atoms with Crippen molar-refractivity contribution in [2.45, 2.75) is 46.3 Å². The van der Waals surface area contributed by atoms with Gasteiger partial charge in [0.15, 0.2) is 5.96 Å². The molecule has 0 aliphatic rings. The van der Waals surface area contributed by atoms with Crippen LogP contribution in [0.3, 0.4) is 0 Å². The van der Waals surface area contributed by atoms with Crippen molar-refractivity contribution in [3.63, 3.8) is 0 Å². The number of guanidine groups is 1. The van der Waals surface area contributed by atoms with Crippen LogP contribution in [0.1, 0.15) is 35.7 Å². The highest BCUT2D eigenvalue weighted by molar-refractivity contribution is 7.11. The van der Waals surface area contributed by atoms with Crippen LogP contribution in [-0.2, 0) is 13.1 Å². The fourth-order valence-corrected chi connectivity index (χ4v) is 3.32. The molecule has 0 fully saturated rings. The average Bonchev–Trinajstić information content (AvgIpc) is 3.05. The third-order valence-corrected chi connectivity index (χ3v) is 5.17. The van der Waals surface area contributed by atoms with E-state index in [9.17, 15) is 0 Å². The molecule has 2 rings (SSSR count). The van der Waals surface area contributed by atoms with Crippen LogP contribution in [0, 0.1) is 6.92 Å². The second-order valence-corrected chi connectivity index (χ2v) is 7.84. The number of thiazole rings is 1. The first-order chi connectivity index (χ1) is 12.6. The minimum Gasteiger partial charge on any atom is -0.357 e. The maximum atomic E-state index is 4.64. The van der Waals surface area contributed by atoms with Gasteiger partial charge in [-0.05, 0) is 39.8 Å². The number of hydrogen-bond donors (Lipinski definition) is 2. The standard InChI is InChI=1S/C20H31N5S/c1-5-21-20(24-14-19-23-13-17(3)26-19)22-12-11-16(2)25(4)15-18-9-7-6-8-10-18/h6-10,13,16H,5,11-12,14-15H2,1-4H3,(H2,21,22,24). The van der Waals surface area contributed by atoms with E-state index in [2.05, 4.69) is 83.7 Å². The number of aromatic nitrogens is 1. The zero-order valence-electron chi connectivity index (χ0n) is 16.3. The molecule has 1 unspecified atom stereocenters. The van der Waals surface area contributed by atoms with Crippen LogP contribution in [0.5, 0.6) is 0 Å². The normalized spacial score (nSPS) is 13.0. The smallest absolute Gasteiger partial charge is 0.191 e. The van der Waals surface area contributed by atoms with E-state index in [1.807, 2.05) is 6.20 Å². The Balaban J connectivity index is 1.77. The Morgan fingerprint density at radius 2 is 2.04 bits per heavy atom. The summed E-state index contributed by atoms with van der Waals surface area (Å²) < 4.78 is 0. The van der Waals surface area contributed by atoms with Crippen LogP contribution in [0.2, 0.25) is 0 Å². The molecule has 142 valence electrons. The van der Waals surface area contributed by atoms with Gasteiger partial charge in [-0.15, -0.1) is 11.3 Å². The molecule has 2 aromatic rings. The van der Waals surface area contributed by atoms with Crippen molar-refractivity contribution >= 4 is 17.3 Å². The number of nitrogens with one attached hydrogen (secondary N) is 2. The van der Waals surface area contributed by atoms with E-state index >= 15 is 0 Å². The van der Waals surface area contributed by atoms with Gasteiger partial charge in [-0.3, -0.25) is 4.90 Å². The highest BCUT2D eigenvalue weighted by atomic mass is 32.1. The molecule has 1 aromatic heterocycles. The molecule has 0 aliphatic carbocycles. The summed E-state index contributed by atoms with van der Waals surface area (Å²) in [5.41, 5.74) is 1.35. The quantitative estimate of drug-likeness (QED) is 0.522. The van der Waals surface area contributed by atoms with Gasteiger partial charge in [-0.2, -0.15) is 0 Å². The lowest BCUT2D eigenvalue weighted by Crippen LogP contribution is -2.40. The number of benzene rings is 1. The summed E-state index contributed by atoms with van der Waals surface area (Å²) in [6.07, 6.45) is 2.96. The van der Waals surface area contributed by atoms with E-state index in [0.29, 0.717) is 12.6 Å². The Morgan fingerprint density at radius 1 is 1.27 bits per heavy atom. The molecule has 0 spiro atoms. The number of hydrogen-bond acceptors (Lipinski definition) is 4. The third-order valence-electron chi connectivity index (χ3n) is 4.27. The number of rotatable bonds is 9. The SMILES string of the molecule is CCNC(=NCc1ncc(C)s1)NCCC(C)N(C)Cc1ccccc1. The lowest BCUT2D eigenvalue weighted by Gasteiger charge is -2.25. The second-order valence-electron chi connectivity index (χ2n) is 6.53. The van der Waals surface area contributed by atoms with E-state index in [4.69, 9.17) is 0 Å². The van der Waals surface area contributed by atoms with Crippen LogP contribution in [0.15, 0.2) is 41.5 Å². The van der Waals surface area contributed by atoms with Gasteiger partial charge in [0.1, 0.15) is 5.01 Å². The highest BCUT2D eigenvalue weighted by Gasteiger charge is 2.10. The molecular formula is C20H31N5S. The molecule has 0 radical (unpaired) electrons. The lowest BCUT2D eigenvalue weighted by atomic mass is 10.1. The van der Waals surface area contributed by atoms with Crippen molar-refractivity contribution in [2.24, 2.45) is 4.99 Å². The van der Waals surface area contributed by atoms with Gasteiger partial charge < -0.3 is 10.6 Å². The van der Waals surface area contributed by atoms with Crippen molar-refractivity contribution in [3.8, 4) is 0 Å². The summed E-state index contributed by atoms with van der Waals surface area (Å²) in [7, 11) is 2.18. The first-order valence-electron chi connectivity index (χ1n) is 9.26. The molecule has 26 heavy (non-hydrogen) atoms. The van der Waals surface area contributed by atoms with Crippen LogP contribution >= 0.6 is 11.3 Å². The van der Waals surface area contributed by atoms with Crippen molar-refractivity contribution in [3.05, 3.63) is 52.0 Å². The Kier molecular flexibility index (Phi) is 8.58. The van der Waals surface area contributed by atoms with E-state index in [0.717, 1.165) is 37.0 Å². The van der Waals surface area contributed by atoms with Crippen LogP contribution in [0.4, 0.5) is 0 Å². The monoisotopic (exact) mass is 373 g/mol. The predicted molar refractivity (Wildman–Crippen MR) is 112 cm³/mol. The number of nitrogens with zero attached hydrogens (tertiary/aromatic N) is 3. The molecule has 5 nitrogen and oxygen atoms in total. The first kappa shape index (κ1) is 20.4. The van der Waals surface area contributed by atoms with E-state index in [-0.39, 0.29) is 0 Å². The zero-order chi connectivity index (χ0) is 18.8. The zero-order valence-corrected chi connectivity index (χ0v) is 17.1. The molecular weight excluding hydrogens is 342 g/mol. The van der Waals surface area contributed by atoms with Gasteiger partial charge in [-0.1, -0.05) is 30.3 Å². The summed E-state index contributed by atoms with van der Waals surface area (Å²) in [5.74, 6) is 0.860. The number of aryl methyl sites for hydroxylation is 1. The molecule has 0 saturated heterocycles. The van der Waals surface area contributed by atoms with Gasteiger partial charge in [0.05, 0.1) is 6.54 Å². The van der Waals surface area contributed by atoms with Gasteiger partial charge in [0.2, 0.25) is 0 Å². The third kappa shape index (κ3) is 7.14. The largest absolute Gasteiger partial charge is 0.357 e. The molecule has 0 aliphatic heterocycles. The molecule has 2 N–H and O–H groups in total. The molecule has 0 bridgehead atoms. The number of aliphatic imine (C=N–C) groups is 1. The molecule has 1 heterocycles. The summed E-state index contributed by atoms with van der Waals surface area (Å²) >= 11 is 1.70. The van der Waals surface area contributed by atoms with Crippen molar-refractivity contribution in [2.75, 3.05) is 20.1 Å². The molecule has 1 atom stereocenters. The van der Waals surface area contributed by atoms with Crippen molar-refractivity contribution < 1.29 is 0 Å². The van der Waals surface area contributed by atoms with Gasteiger partial charge in [0.25, 0.3) is 0 Å². The van der Waals surface area contributed by atoms with Crippen molar-refractivity contribution in [1.29, 1.82) is 0 Å². The average molecular weight is 374 g/mol. The second kappa shape index (κ2) is 10.9. The summed E-state index contributed by atoms with van der Waals surface area (Å²) in [4.78, 5) is 12.6. The van der Waals surface area contributed by atoms with Gasteiger partial charge in [-0.25, -0.2) is 9.98 Å². The maximum absolute atomic E-state index is 4.64.